The van der Waals surface area contributed by atoms with Gasteiger partial charge in [-0.3, -0.25) is 9.59 Å². The van der Waals surface area contributed by atoms with Crippen LogP contribution in [-0.4, -0.2) is 23.1 Å². The van der Waals surface area contributed by atoms with Crippen molar-refractivity contribution >= 4 is 11.9 Å². The van der Waals surface area contributed by atoms with Gasteiger partial charge in [0.1, 0.15) is 11.2 Å². The van der Waals surface area contributed by atoms with Crippen LogP contribution < -0.4 is 0 Å². The summed E-state index contributed by atoms with van der Waals surface area (Å²) in [6.45, 7) is 14.3. The molecule has 0 aromatic rings. The van der Waals surface area contributed by atoms with Crippen LogP contribution in [0, 0.1) is 5.41 Å². The first-order valence-electron chi connectivity index (χ1n) is 6.85. The molecule has 0 aromatic heterocycles. The van der Waals surface area contributed by atoms with Crippen molar-refractivity contribution in [1.82, 2.24) is 0 Å². The predicted octanol–water partition coefficient (Wildman–Crippen LogP) is 3.48. The zero-order valence-corrected chi connectivity index (χ0v) is 13.5. The molecule has 0 saturated heterocycles. The number of hydrogen-bond donors (Lipinski definition) is 0. The molecule has 0 fully saturated rings. The Balaban J connectivity index is 5.25. The van der Waals surface area contributed by atoms with Gasteiger partial charge in [0.05, 0.1) is 0 Å². The minimum absolute atomic E-state index is 0.368. The van der Waals surface area contributed by atoms with Gasteiger partial charge in [-0.1, -0.05) is 13.8 Å². The molecule has 0 aromatic carbocycles. The summed E-state index contributed by atoms with van der Waals surface area (Å²) in [4.78, 5) is 24.7. The second kappa shape index (κ2) is 5.93. The molecular weight excluding hydrogens is 244 g/mol. The van der Waals surface area contributed by atoms with E-state index < -0.39 is 28.6 Å². The molecule has 0 unspecified atom stereocenters. The Morgan fingerprint density at radius 2 is 1.00 bits per heavy atom. The summed E-state index contributed by atoms with van der Waals surface area (Å²) < 4.78 is 10.8. The number of rotatable bonds is 4. The highest BCUT2D eigenvalue weighted by Gasteiger charge is 2.48. The lowest BCUT2D eigenvalue weighted by atomic mass is 9.82. The highest BCUT2D eigenvalue weighted by atomic mass is 16.6. The SMILES string of the molecule is CCC(CC)(C(=O)OC(C)(C)C)C(=O)OC(C)(C)C. The Hall–Kier alpha value is -1.06. The summed E-state index contributed by atoms with van der Waals surface area (Å²) in [5.74, 6) is -1.00. The van der Waals surface area contributed by atoms with E-state index in [0.29, 0.717) is 12.8 Å². The van der Waals surface area contributed by atoms with Crippen molar-refractivity contribution in [2.75, 3.05) is 0 Å². The van der Waals surface area contributed by atoms with Gasteiger partial charge in [-0.05, 0) is 54.4 Å². The van der Waals surface area contributed by atoms with Gasteiger partial charge in [0, 0.05) is 0 Å². The van der Waals surface area contributed by atoms with Crippen molar-refractivity contribution in [3.05, 3.63) is 0 Å². The molecule has 0 rings (SSSR count). The van der Waals surface area contributed by atoms with E-state index in [2.05, 4.69) is 0 Å². The third-order valence-electron chi connectivity index (χ3n) is 2.79. The maximum absolute atomic E-state index is 12.3. The quantitative estimate of drug-likeness (QED) is 0.581. The average molecular weight is 272 g/mol. The lowest BCUT2D eigenvalue weighted by Gasteiger charge is -2.33. The standard InChI is InChI=1S/C15H28O4/c1-9-15(10-2,11(16)18-13(3,4)5)12(17)19-14(6,7)8/h9-10H2,1-8H3. The number of carbonyl (C=O) groups excluding carboxylic acids is 2. The van der Waals surface area contributed by atoms with Gasteiger partial charge in [-0.15, -0.1) is 0 Å². The molecule has 0 bridgehead atoms. The van der Waals surface area contributed by atoms with Gasteiger partial charge < -0.3 is 9.47 Å². The molecule has 0 amide bonds. The minimum Gasteiger partial charge on any atom is -0.459 e. The summed E-state index contributed by atoms with van der Waals surface area (Å²) in [6, 6.07) is 0. The van der Waals surface area contributed by atoms with Crippen molar-refractivity contribution in [2.45, 2.75) is 79.4 Å². The Bertz CT molecular complexity index is 297. The molecule has 112 valence electrons. The molecule has 0 spiro atoms. The summed E-state index contributed by atoms with van der Waals surface area (Å²) >= 11 is 0. The van der Waals surface area contributed by atoms with Crippen LogP contribution >= 0.6 is 0 Å². The van der Waals surface area contributed by atoms with E-state index in [9.17, 15) is 9.59 Å². The van der Waals surface area contributed by atoms with Crippen LogP contribution in [0.2, 0.25) is 0 Å². The highest BCUT2D eigenvalue weighted by molar-refractivity contribution is 6.00. The van der Waals surface area contributed by atoms with Gasteiger partial charge in [-0.2, -0.15) is 0 Å². The number of ether oxygens (including phenoxy) is 2. The largest absolute Gasteiger partial charge is 0.459 e. The zero-order valence-electron chi connectivity index (χ0n) is 13.5. The van der Waals surface area contributed by atoms with Crippen LogP contribution in [0.3, 0.4) is 0 Å². The fourth-order valence-corrected chi connectivity index (χ4v) is 1.66. The minimum atomic E-state index is -1.21. The first-order valence-corrected chi connectivity index (χ1v) is 6.85. The Labute approximate surface area is 116 Å². The molecule has 0 atom stereocenters. The molecule has 4 nitrogen and oxygen atoms in total. The van der Waals surface area contributed by atoms with Crippen LogP contribution in [0.15, 0.2) is 0 Å². The molecular formula is C15H28O4. The van der Waals surface area contributed by atoms with Crippen molar-refractivity contribution in [3.63, 3.8) is 0 Å². The lowest BCUT2D eigenvalue weighted by molar-refractivity contribution is -0.186. The van der Waals surface area contributed by atoms with E-state index in [1.165, 1.54) is 0 Å². The molecule has 0 aliphatic heterocycles. The monoisotopic (exact) mass is 272 g/mol. The lowest BCUT2D eigenvalue weighted by Crippen LogP contribution is -2.46. The fourth-order valence-electron chi connectivity index (χ4n) is 1.66. The van der Waals surface area contributed by atoms with Crippen LogP contribution in [0.1, 0.15) is 68.2 Å². The van der Waals surface area contributed by atoms with Gasteiger partial charge in [0.15, 0.2) is 5.41 Å². The first-order chi connectivity index (χ1) is 8.38. The summed E-state index contributed by atoms with van der Waals surface area (Å²) in [5.41, 5.74) is -2.44. The smallest absolute Gasteiger partial charge is 0.323 e. The molecule has 19 heavy (non-hydrogen) atoms. The normalized spacial score (nSPS) is 13.1. The van der Waals surface area contributed by atoms with Crippen molar-refractivity contribution in [1.29, 1.82) is 0 Å². The molecule has 0 aliphatic carbocycles. The van der Waals surface area contributed by atoms with E-state index in [-0.39, 0.29) is 0 Å². The predicted molar refractivity (Wildman–Crippen MR) is 74.7 cm³/mol. The molecule has 0 heterocycles. The summed E-state index contributed by atoms with van der Waals surface area (Å²) in [7, 11) is 0. The van der Waals surface area contributed by atoms with Crippen molar-refractivity contribution < 1.29 is 19.1 Å². The Kier molecular flexibility index (Phi) is 5.60. The van der Waals surface area contributed by atoms with Crippen LogP contribution in [0.5, 0.6) is 0 Å². The third-order valence-corrected chi connectivity index (χ3v) is 2.79. The summed E-state index contributed by atoms with van der Waals surface area (Å²) in [5, 5.41) is 0. The fraction of sp³-hybridized carbons (Fsp3) is 0.867. The maximum Gasteiger partial charge on any atom is 0.323 e. The Morgan fingerprint density at radius 3 is 1.16 bits per heavy atom. The maximum atomic E-state index is 12.3. The van der Waals surface area contributed by atoms with Gasteiger partial charge in [0.2, 0.25) is 0 Å². The van der Waals surface area contributed by atoms with Gasteiger partial charge in [-0.25, -0.2) is 0 Å². The van der Waals surface area contributed by atoms with Gasteiger partial charge >= 0.3 is 11.9 Å². The molecule has 0 aliphatic rings. The third kappa shape index (κ3) is 5.21. The zero-order chi connectivity index (χ0) is 15.5. The second-order valence-corrected chi connectivity index (χ2v) is 6.79. The number of esters is 2. The van der Waals surface area contributed by atoms with E-state index in [0.717, 1.165) is 0 Å². The topological polar surface area (TPSA) is 52.6 Å². The van der Waals surface area contributed by atoms with Crippen molar-refractivity contribution in [3.8, 4) is 0 Å². The van der Waals surface area contributed by atoms with E-state index in [1.807, 2.05) is 0 Å². The van der Waals surface area contributed by atoms with Crippen LogP contribution in [0.4, 0.5) is 0 Å². The summed E-state index contributed by atoms with van der Waals surface area (Å²) in [6.07, 6.45) is 0.737. The average Bonchev–Trinajstić information content (AvgIpc) is 2.14. The van der Waals surface area contributed by atoms with Crippen molar-refractivity contribution in [2.24, 2.45) is 5.41 Å². The second-order valence-electron chi connectivity index (χ2n) is 6.79. The number of carbonyl (C=O) groups is 2. The molecule has 0 N–H and O–H groups in total. The molecule has 4 heteroatoms. The van der Waals surface area contributed by atoms with Crippen LogP contribution in [-0.2, 0) is 19.1 Å². The highest BCUT2D eigenvalue weighted by Crippen LogP contribution is 2.33. The van der Waals surface area contributed by atoms with E-state index >= 15 is 0 Å². The number of hydrogen-bond acceptors (Lipinski definition) is 4. The van der Waals surface area contributed by atoms with E-state index in [1.54, 1.807) is 55.4 Å². The first kappa shape index (κ1) is 17.9. The Morgan fingerprint density at radius 1 is 0.737 bits per heavy atom. The van der Waals surface area contributed by atoms with Crippen LogP contribution in [0.25, 0.3) is 0 Å². The molecule has 0 saturated carbocycles. The van der Waals surface area contributed by atoms with E-state index in [4.69, 9.17) is 9.47 Å². The van der Waals surface area contributed by atoms with Gasteiger partial charge in [0.25, 0.3) is 0 Å². The molecule has 0 radical (unpaired) electrons.